The Bertz CT molecular complexity index is 337. The van der Waals surface area contributed by atoms with Gasteiger partial charge in [-0.1, -0.05) is 31.5 Å². The van der Waals surface area contributed by atoms with E-state index in [1.807, 2.05) is 12.1 Å². The predicted octanol–water partition coefficient (Wildman–Crippen LogP) is 3.15. The quantitative estimate of drug-likeness (QED) is 0.843. The summed E-state index contributed by atoms with van der Waals surface area (Å²) < 4.78 is 5.43. The van der Waals surface area contributed by atoms with Gasteiger partial charge >= 0.3 is 0 Å². The third kappa shape index (κ3) is 2.38. The molecule has 1 fully saturated rings. The summed E-state index contributed by atoms with van der Waals surface area (Å²) in [6.07, 6.45) is 3.83. The van der Waals surface area contributed by atoms with Crippen molar-refractivity contribution in [2.45, 2.75) is 32.2 Å². The third-order valence-electron chi connectivity index (χ3n) is 3.60. The molecule has 16 heavy (non-hydrogen) atoms. The number of hydrogen-bond donors (Lipinski definition) is 1. The van der Waals surface area contributed by atoms with Crippen LogP contribution in [0.5, 0.6) is 5.75 Å². The molecule has 0 aromatic heterocycles. The summed E-state index contributed by atoms with van der Waals surface area (Å²) in [6.45, 7) is 3.41. The highest BCUT2D eigenvalue weighted by Crippen LogP contribution is 2.33. The fourth-order valence-electron chi connectivity index (χ4n) is 2.56. The van der Waals surface area contributed by atoms with Crippen molar-refractivity contribution in [3.8, 4) is 5.75 Å². The van der Waals surface area contributed by atoms with Crippen molar-refractivity contribution in [3.05, 3.63) is 29.8 Å². The van der Waals surface area contributed by atoms with Crippen molar-refractivity contribution in [2.75, 3.05) is 13.7 Å². The molecule has 0 amide bonds. The summed E-state index contributed by atoms with van der Waals surface area (Å²) >= 11 is 0. The normalized spacial score (nSPS) is 25.4. The lowest BCUT2D eigenvalue weighted by molar-refractivity contribution is 0.292. The maximum Gasteiger partial charge on any atom is 0.123 e. The van der Waals surface area contributed by atoms with Gasteiger partial charge in [0.15, 0.2) is 0 Å². The molecule has 0 bridgehead atoms. The molecular formula is C14H21NO. The zero-order valence-corrected chi connectivity index (χ0v) is 10.2. The van der Waals surface area contributed by atoms with Gasteiger partial charge in [-0.25, -0.2) is 0 Å². The maximum atomic E-state index is 5.43. The van der Waals surface area contributed by atoms with E-state index in [-0.39, 0.29) is 0 Å². The van der Waals surface area contributed by atoms with Crippen LogP contribution in [0.1, 0.15) is 37.8 Å². The number of rotatable bonds is 3. The Morgan fingerprint density at radius 1 is 1.38 bits per heavy atom. The van der Waals surface area contributed by atoms with E-state index in [1.165, 1.54) is 24.8 Å². The summed E-state index contributed by atoms with van der Waals surface area (Å²) in [4.78, 5) is 0. The second kappa shape index (κ2) is 5.35. The monoisotopic (exact) mass is 219 g/mol. The van der Waals surface area contributed by atoms with Crippen LogP contribution in [-0.4, -0.2) is 13.7 Å². The number of piperidine rings is 1. The Kier molecular flexibility index (Phi) is 3.83. The largest absolute Gasteiger partial charge is 0.496 e. The Labute approximate surface area is 98.0 Å². The van der Waals surface area contributed by atoms with Crippen molar-refractivity contribution in [1.29, 1.82) is 0 Å². The maximum absolute atomic E-state index is 5.43. The zero-order chi connectivity index (χ0) is 11.4. The van der Waals surface area contributed by atoms with Crippen molar-refractivity contribution in [3.63, 3.8) is 0 Å². The summed E-state index contributed by atoms with van der Waals surface area (Å²) in [5.41, 5.74) is 1.31. The van der Waals surface area contributed by atoms with Gasteiger partial charge in [-0.05, 0) is 31.4 Å². The molecule has 2 atom stereocenters. The molecular weight excluding hydrogens is 198 g/mol. The molecule has 1 aromatic rings. The Morgan fingerprint density at radius 3 is 2.94 bits per heavy atom. The highest BCUT2D eigenvalue weighted by Gasteiger charge is 2.23. The van der Waals surface area contributed by atoms with Crippen LogP contribution in [0.15, 0.2) is 24.3 Å². The van der Waals surface area contributed by atoms with Gasteiger partial charge in [0.1, 0.15) is 5.75 Å². The third-order valence-corrected chi connectivity index (χ3v) is 3.60. The molecule has 2 heteroatoms. The van der Waals surface area contributed by atoms with Gasteiger partial charge in [-0.15, -0.1) is 0 Å². The fourth-order valence-corrected chi connectivity index (χ4v) is 2.56. The molecule has 1 heterocycles. The molecule has 0 saturated carbocycles. The Morgan fingerprint density at radius 2 is 2.19 bits per heavy atom. The van der Waals surface area contributed by atoms with Crippen molar-refractivity contribution in [1.82, 2.24) is 5.32 Å². The predicted molar refractivity (Wildman–Crippen MR) is 66.8 cm³/mol. The average Bonchev–Trinajstić information content (AvgIpc) is 2.38. The van der Waals surface area contributed by atoms with Crippen LogP contribution < -0.4 is 10.1 Å². The standard InChI is InChI=1S/C14H21NO/c1-3-11-8-9-15-13(10-11)12-6-4-5-7-14(12)16-2/h4-7,11,13,15H,3,8-10H2,1-2H3. The highest BCUT2D eigenvalue weighted by atomic mass is 16.5. The molecule has 1 aliphatic heterocycles. The van der Waals surface area contributed by atoms with Crippen molar-refractivity contribution < 1.29 is 4.74 Å². The molecule has 0 aliphatic carbocycles. The highest BCUT2D eigenvalue weighted by molar-refractivity contribution is 5.36. The lowest BCUT2D eigenvalue weighted by atomic mass is 9.87. The van der Waals surface area contributed by atoms with Crippen LogP contribution >= 0.6 is 0 Å². The van der Waals surface area contributed by atoms with Gasteiger partial charge < -0.3 is 10.1 Å². The summed E-state index contributed by atoms with van der Waals surface area (Å²) in [5.74, 6) is 1.87. The first-order valence-corrected chi connectivity index (χ1v) is 6.21. The molecule has 2 rings (SSSR count). The van der Waals surface area contributed by atoms with Crippen molar-refractivity contribution >= 4 is 0 Å². The van der Waals surface area contributed by atoms with E-state index in [9.17, 15) is 0 Å². The van der Waals surface area contributed by atoms with Gasteiger partial charge in [0, 0.05) is 11.6 Å². The number of hydrogen-bond acceptors (Lipinski definition) is 2. The van der Waals surface area contributed by atoms with Crippen LogP contribution in [-0.2, 0) is 0 Å². The minimum absolute atomic E-state index is 0.467. The molecule has 1 aromatic carbocycles. The van der Waals surface area contributed by atoms with Crippen LogP contribution in [0.4, 0.5) is 0 Å². The Hall–Kier alpha value is -1.02. The number of para-hydroxylation sites is 1. The van der Waals surface area contributed by atoms with Crippen LogP contribution in [0.25, 0.3) is 0 Å². The molecule has 0 spiro atoms. The molecule has 88 valence electrons. The molecule has 2 unspecified atom stereocenters. The number of benzene rings is 1. The van der Waals surface area contributed by atoms with Gasteiger partial charge in [0.05, 0.1) is 7.11 Å². The summed E-state index contributed by atoms with van der Waals surface area (Å²) in [6, 6.07) is 8.81. The van der Waals surface area contributed by atoms with E-state index >= 15 is 0 Å². The number of ether oxygens (including phenoxy) is 1. The van der Waals surface area contributed by atoms with Crippen LogP contribution in [0.2, 0.25) is 0 Å². The molecule has 1 aliphatic rings. The van der Waals surface area contributed by atoms with Crippen molar-refractivity contribution in [2.24, 2.45) is 5.92 Å². The summed E-state index contributed by atoms with van der Waals surface area (Å²) in [5, 5.41) is 3.59. The van der Waals surface area contributed by atoms with E-state index < -0.39 is 0 Å². The topological polar surface area (TPSA) is 21.3 Å². The van der Waals surface area contributed by atoms with Gasteiger partial charge in [-0.2, -0.15) is 0 Å². The first kappa shape index (κ1) is 11.5. The minimum Gasteiger partial charge on any atom is -0.496 e. The smallest absolute Gasteiger partial charge is 0.123 e. The van der Waals surface area contributed by atoms with Crippen LogP contribution in [0, 0.1) is 5.92 Å². The van der Waals surface area contributed by atoms with Gasteiger partial charge in [0.25, 0.3) is 0 Å². The lowest BCUT2D eigenvalue weighted by Crippen LogP contribution is -2.31. The number of methoxy groups -OCH3 is 1. The second-order valence-corrected chi connectivity index (χ2v) is 4.55. The first-order chi connectivity index (χ1) is 7.85. The van der Waals surface area contributed by atoms with Gasteiger partial charge in [0.2, 0.25) is 0 Å². The molecule has 1 N–H and O–H groups in total. The lowest BCUT2D eigenvalue weighted by Gasteiger charge is -2.30. The van der Waals surface area contributed by atoms with E-state index in [0.29, 0.717) is 6.04 Å². The molecule has 0 radical (unpaired) electrons. The van der Waals surface area contributed by atoms with Crippen LogP contribution in [0.3, 0.4) is 0 Å². The Balaban J connectivity index is 2.16. The van der Waals surface area contributed by atoms with E-state index in [2.05, 4.69) is 24.4 Å². The van der Waals surface area contributed by atoms with E-state index in [1.54, 1.807) is 7.11 Å². The molecule has 2 nitrogen and oxygen atoms in total. The molecule has 1 saturated heterocycles. The first-order valence-electron chi connectivity index (χ1n) is 6.21. The van der Waals surface area contributed by atoms with Gasteiger partial charge in [-0.3, -0.25) is 0 Å². The van der Waals surface area contributed by atoms with E-state index in [0.717, 1.165) is 18.2 Å². The van der Waals surface area contributed by atoms with E-state index in [4.69, 9.17) is 4.74 Å². The second-order valence-electron chi connectivity index (χ2n) is 4.55. The SMILES string of the molecule is CCC1CCNC(c2ccccc2OC)C1. The summed E-state index contributed by atoms with van der Waals surface area (Å²) in [7, 11) is 1.75. The average molecular weight is 219 g/mol. The zero-order valence-electron chi connectivity index (χ0n) is 10.2. The fraction of sp³-hybridized carbons (Fsp3) is 0.571. The minimum atomic E-state index is 0.467. The number of nitrogens with one attached hydrogen (secondary N) is 1.